The van der Waals surface area contributed by atoms with E-state index < -0.39 is 0 Å². The molecule has 3 N–H and O–H groups in total. The fraction of sp³-hybridized carbons (Fsp3) is 0.0833. The van der Waals surface area contributed by atoms with E-state index >= 15 is 0 Å². The normalized spacial score (nSPS) is 10.8. The minimum atomic E-state index is 0.523. The Kier molecular flexibility index (Phi) is 3.14. The number of nitrogen functional groups attached to an aromatic ring is 1. The van der Waals surface area contributed by atoms with Gasteiger partial charge in [-0.3, -0.25) is 0 Å². The second-order valence-corrected chi connectivity index (χ2v) is 3.13. The van der Waals surface area contributed by atoms with Gasteiger partial charge >= 0.3 is 0 Å². The first-order valence-electron chi connectivity index (χ1n) is 4.48. The molecule has 0 saturated carbocycles. The summed E-state index contributed by atoms with van der Waals surface area (Å²) in [5, 5.41) is 8.70. The third-order valence-corrected chi connectivity index (χ3v) is 2.09. The topological polar surface area (TPSA) is 65.6 Å². The number of nitriles is 1. The Morgan fingerprint density at radius 3 is 2.53 bits per heavy atom. The van der Waals surface area contributed by atoms with Crippen LogP contribution < -0.4 is 5.73 Å². The van der Waals surface area contributed by atoms with Crippen LogP contribution >= 0.6 is 0 Å². The summed E-state index contributed by atoms with van der Waals surface area (Å²) in [6, 6.07) is 2.05. The highest BCUT2D eigenvalue weighted by Gasteiger charge is 2.09. The minimum Gasteiger partial charge on any atom is -0.385 e. The Balaban J connectivity index is 3.41. The lowest BCUT2D eigenvalue weighted by atomic mass is 10.1. The minimum absolute atomic E-state index is 0.523. The van der Waals surface area contributed by atoms with Gasteiger partial charge in [0.1, 0.15) is 5.82 Å². The van der Waals surface area contributed by atoms with Crippen LogP contribution in [0, 0.1) is 11.3 Å². The molecule has 0 unspecified atom stereocenters. The molecule has 1 rings (SSSR count). The van der Waals surface area contributed by atoms with Crippen molar-refractivity contribution in [1.29, 1.82) is 5.26 Å². The maximum atomic E-state index is 8.70. The molecule has 15 heavy (non-hydrogen) atoms. The molecule has 0 aliphatic carbocycles. The lowest BCUT2D eigenvalue weighted by Crippen LogP contribution is -1.87. The van der Waals surface area contributed by atoms with Gasteiger partial charge < -0.3 is 10.7 Å². The first kappa shape index (κ1) is 10.9. The number of nitrogens with one attached hydrogen (secondary N) is 1. The lowest BCUT2D eigenvalue weighted by molar-refractivity contribution is 1.38. The molecular weight excluding hydrogens is 186 g/mol. The van der Waals surface area contributed by atoms with Gasteiger partial charge in [-0.05, 0) is 19.1 Å². The van der Waals surface area contributed by atoms with Gasteiger partial charge in [0.25, 0.3) is 0 Å². The summed E-state index contributed by atoms with van der Waals surface area (Å²) in [5.41, 5.74) is 8.87. The molecule has 1 aromatic rings. The standard InChI is InChI=1S/C12H13N3/c1-4-9-10(6-8(3)7-13)12(14)15-11(9)5-2/h4-6,15H,1-2,14H2,3H3/b8-6+. The average Bonchev–Trinajstić information content (AvgIpc) is 2.55. The van der Waals surface area contributed by atoms with E-state index in [0.717, 1.165) is 16.8 Å². The SMILES string of the molecule is C=Cc1[nH]c(N)c(/C=C(\C)C#N)c1C=C. The summed E-state index contributed by atoms with van der Waals surface area (Å²) in [6.07, 6.45) is 5.10. The molecule has 3 heteroatoms. The van der Waals surface area contributed by atoms with E-state index in [-0.39, 0.29) is 0 Å². The van der Waals surface area contributed by atoms with Crippen molar-refractivity contribution < 1.29 is 0 Å². The Labute approximate surface area is 89.2 Å². The maximum absolute atomic E-state index is 8.70. The quantitative estimate of drug-likeness (QED) is 0.735. The molecule has 0 bridgehead atoms. The van der Waals surface area contributed by atoms with Crippen molar-refractivity contribution in [3.05, 3.63) is 35.6 Å². The van der Waals surface area contributed by atoms with Gasteiger partial charge in [-0.2, -0.15) is 5.26 Å². The summed E-state index contributed by atoms with van der Waals surface area (Å²) in [7, 11) is 0. The van der Waals surface area contributed by atoms with Crippen LogP contribution in [0.15, 0.2) is 18.7 Å². The fourth-order valence-electron chi connectivity index (χ4n) is 1.36. The number of aromatic amines is 1. The molecule has 0 atom stereocenters. The van der Waals surface area contributed by atoms with E-state index in [2.05, 4.69) is 24.2 Å². The number of rotatable bonds is 3. The molecule has 3 nitrogen and oxygen atoms in total. The van der Waals surface area contributed by atoms with Gasteiger partial charge in [0, 0.05) is 22.4 Å². The molecule has 0 aromatic carbocycles. The Morgan fingerprint density at radius 2 is 2.07 bits per heavy atom. The van der Waals surface area contributed by atoms with Crippen molar-refractivity contribution in [2.75, 3.05) is 5.73 Å². The number of anilines is 1. The largest absolute Gasteiger partial charge is 0.385 e. The van der Waals surface area contributed by atoms with Crippen LogP contribution in [0.3, 0.4) is 0 Å². The van der Waals surface area contributed by atoms with E-state index in [1.54, 1.807) is 25.2 Å². The zero-order chi connectivity index (χ0) is 11.4. The Hall–Kier alpha value is -2.21. The van der Waals surface area contributed by atoms with Gasteiger partial charge in [-0.1, -0.05) is 19.2 Å². The highest BCUT2D eigenvalue weighted by molar-refractivity contribution is 5.80. The summed E-state index contributed by atoms with van der Waals surface area (Å²) >= 11 is 0. The lowest BCUT2D eigenvalue weighted by Gasteiger charge is -1.95. The molecule has 1 aromatic heterocycles. The van der Waals surface area contributed by atoms with Crippen molar-refractivity contribution in [2.24, 2.45) is 0 Å². The Bertz CT molecular complexity index is 470. The van der Waals surface area contributed by atoms with Crippen LogP contribution in [-0.4, -0.2) is 4.98 Å². The van der Waals surface area contributed by atoms with E-state index in [1.807, 2.05) is 0 Å². The fourth-order valence-corrected chi connectivity index (χ4v) is 1.36. The van der Waals surface area contributed by atoms with Crippen molar-refractivity contribution in [3.8, 4) is 6.07 Å². The first-order chi connectivity index (χ1) is 7.13. The third-order valence-electron chi connectivity index (χ3n) is 2.09. The second kappa shape index (κ2) is 4.34. The molecule has 0 aliphatic heterocycles. The second-order valence-electron chi connectivity index (χ2n) is 3.13. The monoisotopic (exact) mass is 199 g/mol. The van der Waals surface area contributed by atoms with Crippen LogP contribution in [0.2, 0.25) is 0 Å². The maximum Gasteiger partial charge on any atom is 0.109 e. The van der Waals surface area contributed by atoms with E-state index in [1.165, 1.54) is 0 Å². The van der Waals surface area contributed by atoms with Crippen LogP contribution in [0.1, 0.15) is 23.7 Å². The Morgan fingerprint density at radius 1 is 1.40 bits per heavy atom. The van der Waals surface area contributed by atoms with E-state index in [9.17, 15) is 0 Å². The number of nitrogens with two attached hydrogens (primary N) is 1. The van der Waals surface area contributed by atoms with Crippen LogP contribution in [0.25, 0.3) is 18.2 Å². The average molecular weight is 199 g/mol. The zero-order valence-electron chi connectivity index (χ0n) is 8.67. The number of nitrogens with zero attached hydrogens (tertiary/aromatic N) is 1. The number of allylic oxidation sites excluding steroid dienone is 1. The van der Waals surface area contributed by atoms with Gasteiger partial charge in [0.15, 0.2) is 0 Å². The third kappa shape index (κ3) is 2.00. The van der Waals surface area contributed by atoms with Crippen molar-refractivity contribution in [2.45, 2.75) is 6.92 Å². The van der Waals surface area contributed by atoms with Crippen LogP contribution in [0.4, 0.5) is 5.82 Å². The summed E-state index contributed by atoms with van der Waals surface area (Å²) in [5.74, 6) is 0.523. The number of hydrogen-bond donors (Lipinski definition) is 2. The number of H-pyrrole nitrogens is 1. The molecule has 0 aliphatic rings. The summed E-state index contributed by atoms with van der Waals surface area (Å²) < 4.78 is 0. The molecule has 0 amide bonds. The van der Waals surface area contributed by atoms with Gasteiger partial charge in [0.05, 0.1) is 6.07 Å². The summed E-state index contributed by atoms with van der Waals surface area (Å²) in [6.45, 7) is 9.11. The van der Waals surface area contributed by atoms with Gasteiger partial charge in [0.2, 0.25) is 0 Å². The molecule has 0 spiro atoms. The van der Waals surface area contributed by atoms with Crippen LogP contribution in [0.5, 0.6) is 0 Å². The molecule has 1 heterocycles. The van der Waals surface area contributed by atoms with Gasteiger partial charge in [-0.25, -0.2) is 0 Å². The van der Waals surface area contributed by atoms with E-state index in [0.29, 0.717) is 11.4 Å². The predicted octanol–water partition coefficient (Wildman–Crippen LogP) is 2.81. The van der Waals surface area contributed by atoms with Gasteiger partial charge in [-0.15, -0.1) is 0 Å². The van der Waals surface area contributed by atoms with Crippen LogP contribution in [-0.2, 0) is 0 Å². The molecule has 76 valence electrons. The van der Waals surface area contributed by atoms with E-state index in [4.69, 9.17) is 11.0 Å². The number of aromatic nitrogens is 1. The smallest absolute Gasteiger partial charge is 0.109 e. The predicted molar refractivity (Wildman–Crippen MR) is 64.7 cm³/mol. The van der Waals surface area contributed by atoms with Crippen molar-refractivity contribution in [3.63, 3.8) is 0 Å². The first-order valence-corrected chi connectivity index (χ1v) is 4.48. The molecular formula is C12H13N3. The summed E-state index contributed by atoms with van der Waals surface area (Å²) in [4.78, 5) is 2.98. The molecule has 0 fully saturated rings. The molecule has 0 radical (unpaired) electrons. The van der Waals surface area contributed by atoms with Crippen molar-refractivity contribution >= 4 is 24.0 Å². The zero-order valence-corrected chi connectivity index (χ0v) is 8.67. The highest BCUT2D eigenvalue weighted by Crippen LogP contribution is 2.25. The number of hydrogen-bond acceptors (Lipinski definition) is 2. The molecule has 0 saturated heterocycles. The van der Waals surface area contributed by atoms with Crippen molar-refractivity contribution in [1.82, 2.24) is 4.98 Å². The highest BCUT2D eigenvalue weighted by atomic mass is 14.9.